The molecule has 1 aromatic rings. The van der Waals surface area contributed by atoms with Gasteiger partial charge in [-0.2, -0.15) is 0 Å². The van der Waals surface area contributed by atoms with E-state index >= 15 is 0 Å². The van der Waals surface area contributed by atoms with Gasteiger partial charge in [-0.3, -0.25) is 4.90 Å². The largest absolute Gasteiger partial charge is 0.509 e. The molecule has 2 saturated heterocycles. The molecule has 0 bridgehead atoms. The number of cyclic esters (lactones) is 1. The molecular formula is C16H19NO5. The van der Waals surface area contributed by atoms with Gasteiger partial charge in [0.15, 0.2) is 17.1 Å². The van der Waals surface area contributed by atoms with Crippen LogP contribution in [0.2, 0.25) is 0 Å². The van der Waals surface area contributed by atoms with Gasteiger partial charge in [0, 0.05) is 32.5 Å². The van der Waals surface area contributed by atoms with E-state index in [2.05, 4.69) is 4.90 Å². The van der Waals surface area contributed by atoms with Gasteiger partial charge < -0.3 is 18.9 Å². The molecule has 4 rings (SSSR count). The van der Waals surface area contributed by atoms with Crippen molar-refractivity contribution in [3.05, 3.63) is 24.3 Å². The third kappa shape index (κ3) is 2.59. The van der Waals surface area contributed by atoms with E-state index in [0.29, 0.717) is 13.2 Å². The van der Waals surface area contributed by atoms with E-state index in [1.54, 1.807) is 0 Å². The van der Waals surface area contributed by atoms with Crippen LogP contribution in [0.15, 0.2) is 24.3 Å². The second kappa shape index (κ2) is 5.35. The number of para-hydroxylation sites is 2. The maximum absolute atomic E-state index is 11.1. The summed E-state index contributed by atoms with van der Waals surface area (Å²) in [4.78, 5) is 13.5. The molecule has 0 amide bonds. The molecule has 2 fully saturated rings. The molecule has 3 aliphatic heterocycles. The topological polar surface area (TPSA) is 57.2 Å². The number of fused-ring (bicyclic) bond motifs is 1. The summed E-state index contributed by atoms with van der Waals surface area (Å²) in [6, 6.07) is 7.74. The average molecular weight is 305 g/mol. The number of ether oxygens (including phenoxy) is 4. The summed E-state index contributed by atoms with van der Waals surface area (Å²) in [6.07, 6.45) is 1.12. The molecule has 0 unspecified atom stereocenters. The van der Waals surface area contributed by atoms with Gasteiger partial charge in [0.2, 0.25) is 0 Å². The molecule has 0 aromatic heterocycles. The third-order valence-corrected chi connectivity index (χ3v) is 4.55. The zero-order valence-electron chi connectivity index (χ0n) is 12.3. The summed E-state index contributed by atoms with van der Waals surface area (Å²) < 4.78 is 22.0. The lowest BCUT2D eigenvalue weighted by atomic mass is 9.92. The number of carbonyl (C=O) groups excluding carboxylic acids is 1. The number of nitrogens with zero attached hydrogens (tertiary/aromatic N) is 1. The Bertz CT molecular complexity index is 567. The first-order valence-corrected chi connectivity index (χ1v) is 7.69. The van der Waals surface area contributed by atoms with E-state index < -0.39 is 11.8 Å². The van der Waals surface area contributed by atoms with E-state index in [4.69, 9.17) is 18.9 Å². The quantitative estimate of drug-likeness (QED) is 0.777. The Labute approximate surface area is 128 Å². The molecular weight excluding hydrogens is 286 g/mol. The summed E-state index contributed by atoms with van der Waals surface area (Å²) in [7, 11) is 0. The van der Waals surface area contributed by atoms with Crippen LogP contribution in [0.3, 0.4) is 0 Å². The minimum atomic E-state index is -0.533. The van der Waals surface area contributed by atoms with Crippen LogP contribution in [0.5, 0.6) is 11.5 Å². The van der Waals surface area contributed by atoms with Crippen LogP contribution in [0.1, 0.15) is 12.8 Å². The summed E-state index contributed by atoms with van der Waals surface area (Å²) in [5.74, 6) is 1.62. The number of hydrogen-bond acceptors (Lipinski definition) is 6. The molecule has 1 atom stereocenters. The lowest BCUT2D eigenvalue weighted by molar-refractivity contribution is -0.0153. The Morgan fingerprint density at radius 1 is 1.14 bits per heavy atom. The fourth-order valence-corrected chi connectivity index (χ4v) is 3.26. The van der Waals surface area contributed by atoms with E-state index in [9.17, 15) is 4.79 Å². The van der Waals surface area contributed by atoms with Gasteiger partial charge in [0.25, 0.3) is 0 Å². The highest BCUT2D eigenvalue weighted by Crippen LogP contribution is 2.33. The maximum atomic E-state index is 11.1. The standard InChI is InChI=1S/C16H19NO5/c18-15-20-11-16(22-15)5-7-17(8-6-16)9-12-10-19-13-3-1-2-4-14(13)21-12/h1-4,12H,5-11H2/t12-/m1/s1. The molecule has 1 aromatic carbocycles. The monoisotopic (exact) mass is 305 g/mol. The normalized spacial score (nSPS) is 26.5. The maximum Gasteiger partial charge on any atom is 0.509 e. The summed E-state index contributed by atoms with van der Waals surface area (Å²) in [6.45, 7) is 3.52. The van der Waals surface area contributed by atoms with E-state index in [1.807, 2.05) is 24.3 Å². The number of rotatable bonds is 2. The summed E-state index contributed by atoms with van der Waals surface area (Å²) >= 11 is 0. The van der Waals surface area contributed by atoms with E-state index in [-0.39, 0.29) is 6.10 Å². The number of piperidine rings is 1. The molecule has 3 aliphatic rings. The van der Waals surface area contributed by atoms with Crippen LogP contribution >= 0.6 is 0 Å². The average Bonchev–Trinajstić information content (AvgIpc) is 2.91. The third-order valence-electron chi connectivity index (χ3n) is 4.55. The lowest BCUT2D eigenvalue weighted by Crippen LogP contribution is -2.49. The van der Waals surface area contributed by atoms with E-state index in [1.165, 1.54) is 0 Å². The lowest BCUT2D eigenvalue weighted by Gasteiger charge is -2.38. The molecule has 3 heterocycles. The number of hydrogen-bond donors (Lipinski definition) is 0. The molecule has 0 N–H and O–H groups in total. The first-order chi connectivity index (χ1) is 10.7. The predicted octanol–water partition coefficient (Wildman–Crippen LogP) is 1.83. The van der Waals surface area contributed by atoms with Crippen LogP contribution in [0.25, 0.3) is 0 Å². The van der Waals surface area contributed by atoms with Crippen molar-refractivity contribution in [2.24, 2.45) is 0 Å². The molecule has 6 heteroatoms. The number of likely N-dealkylation sites (tertiary alicyclic amines) is 1. The molecule has 0 aliphatic carbocycles. The van der Waals surface area contributed by atoms with Gasteiger partial charge in [-0.1, -0.05) is 12.1 Å². The second-order valence-electron chi connectivity index (χ2n) is 6.12. The summed E-state index contributed by atoms with van der Waals surface area (Å²) in [5, 5.41) is 0. The van der Waals surface area contributed by atoms with Crippen molar-refractivity contribution in [3.63, 3.8) is 0 Å². The minimum absolute atomic E-state index is 0.0336. The van der Waals surface area contributed by atoms with Crippen molar-refractivity contribution in [1.82, 2.24) is 4.90 Å². The van der Waals surface area contributed by atoms with E-state index in [0.717, 1.165) is 44.0 Å². The fourth-order valence-electron chi connectivity index (χ4n) is 3.26. The van der Waals surface area contributed by atoms with Gasteiger partial charge in [-0.25, -0.2) is 4.79 Å². The zero-order chi connectivity index (χ0) is 15.0. The van der Waals surface area contributed by atoms with Crippen molar-refractivity contribution in [1.29, 1.82) is 0 Å². The predicted molar refractivity (Wildman–Crippen MR) is 77.2 cm³/mol. The smallest absolute Gasteiger partial charge is 0.486 e. The van der Waals surface area contributed by atoms with Crippen molar-refractivity contribution < 1.29 is 23.7 Å². The molecule has 1 spiro atoms. The Morgan fingerprint density at radius 2 is 1.91 bits per heavy atom. The summed E-state index contributed by atoms with van der Waals surface area (Å²) in [5.41, 5.74) is -0.399. The highest BCUT2D eigenvalue weighted by atomic mass is 16.8. The van der Waals surface area contributed by atoms with Gasteiger partial charge in [-0.05, 0) is 12.1 Å². The highest BCUT2D eigenvalue weighted by Gasteiger charge is 2.45. The van der Waals surface area contributed by atoms with Crippen LogP contribution in [-0.2, 0) is 9.47 Å². The van der Waals surface area contributed by atoms with Crippen molar-refractivity contribution in [3.8, 4) is 11.5 Å². The number of carbonyl (C=O) groups is 1. The van der Waals surface area contributed by atoms with Crippen LogP contribution in [0.4, 0.5) is 4.79 Å². The van der Waals surface area contributed by atoms with Crippen molar-refractivity contribution in [2.75, 3.05) is 32.8 Å². The minimum Gasteiger partial charge on any atom is -0.486 e. The zero-order valence-corrected chi connectivity index (χ0v) is 12.3. The van der Waals surface area contributed by atoms with Crippen LogP contribution in [-0.4, -0.2) is 55.6 Å². The van der Waals surface area contributed by atoms with Crippen LogP contribution < -0.4 is 9.47 Å². The molecule has 0 radical (unpaired) electrons. The van der Waals surface area contributed by atoms with Crippen molar-refractivity contribution in [2.45, 2.75) is 24.5 Å². The molecule has 6 nitrogen and oxygen atoms in total. The molecule has 22 heavy (non-hydrogen) atoms. The first kappa shape index (κ1) is 13.7. The van der Waals surface area contributed by atoms with Gasteiger partial charge in [-0.15, -0.1) is 0 Å². The van der Waals surface area contributed by atoms with Gasteiger partial charge >= 0.3 is 6.16 Å². The molecule has 118 valence electrons. The SMILES string of the molecule is O=C1OCC2(CCN(C[C@@H]3COc4ccccc4O3)CC2)O1. The Balaban J connectivity index is 1.32. The second-order valence-corrected chi connectivity index (χ2v) is 6.12. The first-order valence-electron chi connectivity index (χ1n) is 7.69. The van der Waals surface area contributed by atoms with Crippen molar-refractivity contribution >= 4 is 6.16 Å². The number of benzene rings is 1. The van der Waals surface area contributed by atoms with Gasteiger partial charge in [0.05, 0.1) is 0 Å². The Morgan fingerprint density at radius 3 is 2.64 bits per heavy atom. The highest BCUT2D eigenvalue weighted by molar-refractivity contribution is 5.62. The Hall–Kier alpha value is -1.95. The molecule has 0 saturated carbocycles. The van der Waals surface area contributed by atoms with Gasteiger partial charge in [0.1, 0.15) is 19.3 Å². The fraction of sp³-hybridized carbons (Fsp3) is 0.562. The Kier molecular flexibility index (Phi) is 3.33. The van der Waals surface area contributed by atoms with Crippen LogP contribution in [0, 0.1) is 0 Å².